The minimum atomic E-state index is -0.692. The molecule has 2 aromatic rings. The summed E-state index contributed by atoms with van der Waals surface area (Å²) in [6.45, 7) is 7.04. The highest BCUT2D eigenvalue weighted by Gasteiger charge is 2.27. The van der Waals surface area contributed by atoms with E-state index in [1.807, 2.05) is 18.2 Å². The Morgan fingerprint density at radius 3 is 2.73 bits per heavy atom. The Morgan fingerprint density at radius 1 is 1.20 bits per heavy atom. The standard InChI is InChI=1S/C22H27N3O5/c1-22(2,3)30-21(27)25(20(26)17-6-4-9-24-14-17)11-5-10-23-13-16-7-8-18-19(12-16)29-15-28-18/h4,6-9,12,14,23H,5,10-11,13,15H2,1-3H3. The molecule has 1 N–H and O–H groups in total. The molecule has 1 aliphatic heterocycles. The van der Waals surface area contributed by atoms with Crippen LogP contribution >= 0.6 is 0 Å². The van der Waals surface area contributed by atoms with Crippen molar-refractivity contribution in [1.29, 1.82) is 0 Å². The molecule has 1 aliphatic rings. The van der Waals surface area contributed by atoms with Crippen molar-refractivity contribution in [2.24, 2.45) is 0 Å². The number of benzene rings is 1. The molecular weight excluding hydrogens is 386 g/mol. The Morgan fingerprint density at radius 2 is 2.00 bits per heavy atom. The Balaban J connectivity index is 1.53. The number of pyridine rings is 1. The molecule has 2 amide bonds. The zero-order chi connectivity index (χ0) is 21.6. The van der Waals surface area contributed by atoms with Crippen LogP contribution in [0.15, 0.2) is 42.7 Å². The van der Waals surface area contributed by atoms with Crippen LogP contribution in [0.1, 0.15) is 43.1 Å². The number of amides is 2. The fourth-order valence-electron chi connectivity index (χ4n) is 2.88. The van der Waals surface area contributed by atoms with Crippen molar-refractivity contribution in [3.8, 4) is 11.5 Å². The second-order valence-electron chi connectivity index (χ2n) is 7.90. The maximum absolute atomic E-state index is 12.8. The van der Waals surface area contributed by atoms with Crippen molar-refractivity contribution in [2.45, 2.75) is 39.3 Å². The number of aromatic nitrogens is 1. The van der Waals surface area contributed by atoms with E-state index in [-0.39, 0.29) is 13.3 Å². The molecule has 8 nitrogen and oxygen atoms in total. The molecule has 1 aromatic carbocycles. The predicted molar refractivity (Wildman–Crippen MR) is 110 cm³/mol. The van der Waals surface area contributed by atoms with Crippen LogP contribution in [0.25, 0.3) is 0 Å². The number of carbonyl (C=O) groups excluding carboxylic acids is 2. The van der Waals surface area contributed by atoms with E-state index in [2.05, 4.69) is 10.3 Å². The normalized spacial score (nSPS) is 12.5. The van der Waals surface area contributed by atoms with Gasteiger partial charge in [0.05, 0.1) is 5.56 Å². The van der Waals surface area contributed by atoms with Gasteiger partial charge in [-0.25, -0.2) is 9.69 Å². The van der Waals surface area contributed by atoms with E-state index in [0.717, 1.165) is 22.0 Å². The number of carbonyl (C=O) groups is 2. The summed E-state index contributed by atoms with van der Waals surface area (Å²) in [5.74, 6) is 1.07. The van der Waals surface area contributed by atoms with Gasteiger partial charge < -0.3 is 19.5 Å². The number of imide groups is 1. The van der Waals surface area contributed by atoms with Gasteiger partial charge in [0, 0.05) is 25.5 Å². The molecular formula is C22H27N3O5. The first-order valence-electron chi connectivity index (χ1n) is 9.87. The first kappa shape index (κ1) is 21.6. The summed E-state index contributed by atoms with van der Waals surface area (Å²) in [6.07, 6.45) is 2.94. The van der Waals surface area contributed by atoms with Gasteiger partial charge in [-0.15, -0.1) is 0 Å². The van der Waals surface area contributed by atoms with Crippen molar-refractivity contribution < 1.29 is 23.8 Å². The van der Waals surface area contributed by atoms with Gasteiger partial charge in [-0.1, -0.05) is 6.07 Å². The predicted octanol–water partition coefficient (Wildman–Crippen LogP) is 3.37. The summed E-state index contributed by atoms with van der Waals surface area (Å²) in [7, 11) is 0. The lowest BCUT2D eigenvalue weighted by atomic mass is 10.2. The van der Waals surface area contributed by atoms with E-state index in [1.165, 1.54) is 6.20 Å². The molecule has 0 unspecified atom stereocenters. The van der Waals surface area contributed by atoms with Crippen molar-refractivity contribution in [3.05, 3.63) is 53.9 Å². The fourth-order valence-corrected chi connectivity index (χ4v) is 2.88. The zero-order valence-electron chi connectivity index (χ0n) is 17.5. The largest absolute Gasteiger partial charge is 0.454 e. The third-order valence-electron chi connectivity index (χ3n) is 4.27. The molecule has 30 heavy (non-hydrogen) atoms. The molecule has 0 fully saturated rings. The van der Waals surface area contributed by atoms with Gasteiger partial charge in [-0.2, -0.15) is 0 Å². The Labute approximate surface area is 176 Å². The number of nitrogens with zero attached hydrogens (tertiary/aromatic N) is 2. The topological polar surface area (TPSA) is 90.0 Å². The summed E-state index contributed by atoms with van der Waals surface area (Å²) >= 11 is 0. The molecule has 0 aliphatic carbocycles. The minimum absolute atomic E-state index is 0.233. The van der Waals surface area contributed by atoms with Crippen LogP contribution in [-0.4, -0.2) is 47.4 Å². The third kappa shape index (κ3) is 5.93. The average molecular weight is 413 g/mol. The highest BCUT2D eigenvalue weighted by molar-refractivity contribution is 6.02. The summed E-state index contributed by atoms with van der Waals surface area (Å²) in [5.41, 5.74) is 0.716. The summed E-state index contributed by atoms with van der Waals surface area (Å²) in [4.78, 5) is 30.5. The lowest BCUT2D eigenvalue weighted by molar-refractivity contribution is 0.0239. The Hall–Kier alpha value is -3.13. The quantitative estimate of drug-likeness (QED) is 0.696. The van der Waals surface area contributed by atoms with Gasteiger partial charge in [0.25, 0.3) is 5.91 Å². The van der Waals surface area contributed by atoms with E-state index in [0.29, 0.717) is 25.1 Å². The number of hydrogen-bond acceptors (Lipinski definition) is 7. The zero-order valence-corrected chi connectivity index (χ0v) is 17.5. The van der Waals surface area contributed by atoms with Gasteiger partial charge >= 0.3 is 6.09 Å². The van der Waals surface area contributed by atoms with Crippen LogP contribution in [0.5, 0.6) is 11.5 Å². The summed E-state index contributed by atoms with van der Waals surface area (Å²) < 4.78 is 16.1. The first-order valence-corrected chi connectivity index (χ1v) is 9.87. The SMILES string of the molecule is CC(C)(C)OC(=O)N(CCCNCc1ccc2c(c1)OCO2)C(=O)c1cccnc1. The van der Waals surface area contributed by atoms with Crippen molar-refractivity contribution in [1.82, 2.24) is 15.2 Å². The van der Waals surface area contributed by atoms with Crippen LogP contribution in [0.4, 0.5) is 4.79 Å². The Kier molecular flexibility index (Phi) is 6.89. The minimum Gasteiger partial charge on any atom is -0.454 e. The molecule has 3 rings (SSSR count). The number of fused-ring (bicyclic) bond motifs is 1. The molecule has 0 bridgehead atoms. The molecule has 8 heteroatoms. The van der Waals surface area contributed by atoms with Crippen LogP contribution in [0.2, 0.25) is 0 Å². The van der Waals surface area contributed by atoms with Crippen molar-refractivity contribution in [3.63, 3.8) is 0 Å². The number of rotatable bonds is 7. The van der Waals surface area contributed by atoms with Gasteiger partial charge in [-0.05, 0) is 63.6 Å². The maximum atomic E-state index is 12.8. The highest BCUT2D eigenvalue weighted by Crippen LogP contribution is 2.32. The molecule has 1 aromatic heterocycles. The van der Waals surface area contributed by atoms with Gasteiger partial charge in [0.2, 0.25) is 6.79 Å². The molecule has 0 atom stereocenters. The highest BCUT2D eigenvalue weighted by atomic mass is 16.7. The van der Waals surface area contributed by atoms with Crippen LogP contribution in [0, 0.1) is 0 Å². The smallest absolute Gasteiger partial charge is 0.417 e. The molecule has 2 heterocycles. The lowest BCUT2D eigenvalue weighted by Gasteiger charge is -2.26. The van der Waals surface area contributed by atoms with Crippen molar-refractivity contribution in [2.75, 3.05) is 19.9 Å². The van der Waals surface area contributed by atoms with Crippen LogP contribution in [-0.2, 0) is 11.3 Å². The van der Waals surface area contributed by atoms with E-state index in [9.17, 15) is 9.59 Å². The number of ether oxygens (including phenoxy) is 3. The number of hydrogen-bond donors (Lipinski definition) is 1. The molecule has 0 spiro atoms. The van der Waals surface area contributed by atoms with Gasteiger partial charge in [0.15, 0.2) is 11.5 Å². The summed E-state index contributed by atoms with van der Waals surface area (Å²) in [5, 5.41) is 3.32. The first-order chi connectivity index (χ1) is 14.3. The van der Waals surface area contributed by atoms with Crippen molar-refractivity contribution >= 4 is 12.0 Å². The molecule has 160 valence electrons. The van der Waals surface area contributed by atoms with E-state index in [1.54, 1.807) is 39.1 Å². The average Bonchev–Trinajstić information content (AvgIpc) is 3.17. The maximum Gasteiger partial charge on any atom is 0.417 e. The fraction of sp³-hybridized carbons (Fsp3) is 0.409. The van der Waals surface area contributed by atoms with Gasteiger partial charge in [-0.3, -0.25) is 9.78 Å². The van der Waals surface area contributed by atoms with E-state index >= 15 is 0 Å². The second kappa shape index (κ2) is 9.58. The molecule has 0 saturated heterocycles. The lowest BCUT2D eigenvalue weighted by Crippen LogP contribution is -2.42. The van der Waals surface area contributed by atoms with Crippen LogP contribution in [0.3, 0.4) is 0 Å². The summed E-state index contributed by atoms with van der Waals surface area (Å²) in [6, 6.07) is 9.09. The van der Waals surface area contributed by atoms with E-state index < -0.39 is 17.6 Å². The van der Waals surface area contributed by atoms with E-state index in [4.69, 9.17) is 14.2 Å². The monoisotopic (exact) mass is 413 g/mol. The molecule has 0 saturated carbocycles. The molecule has 0 radical (unpaired) electrons. The second-order valence-corrected chi connectivity index (χ2v) is 7.90. The third-order valence-corrected chi connectivity index (χ3v) is 4.27. The van der Waals surface area contributed by atoms with Gasteiger partial charge in [0.1, 0.15) is 5.60 Å². The Bertz CT molecular complexity index is 880. The number of nitrogens with one attached hydrogen (secondary N) is 1. The van der Waals surface area contributed by atoms with Crippen LogP contribution < -0.4 is 14.8 Å².